The third-order valence-corrected chi connectivity index (χ3v) is 6.89. The number of morpholine rings is 1. The van der Waals surface area contributed by atoms with Gasteiger partial charge in [0.05, 0.1) is 33.7 Å². The quantitative estimate of drug-likeness (QED) is 0.357. The molecule has 0 radical (unpaired) electrons. The third kappa shape index (κ3) is 5.02. The first-order chi connectivity index (χ1) is 15.1. The second-order valence-corrected chi connectivity index (χ2v) is 9.03. The summed E-state index contributed by atoms with van der Waals surface area (Å²) in [5, 5.41) is 26.6. The minimum absolute atomic E-state index is 0.0350. The molecule has 14 heteroatoms. The van der Waals surface area contributed by atoms with Gasteiger partial charge in [-0.2, -0.15) is 9.41 Å². The molecule has 1 aliphatic rings. The van der Waals surface area contributed by atoms with Crippen molar-refractivity contribution in [3.63, 3.8) is 0 Å². The van der Waals surface area contributed by atoms with Crippen LogP contribution in [0.2, 0.25) is 5.02 Å². The number of nitro groups is 2. The van der Waals surface area contributed by atoms with Crippen LogP contribution in [0.5, 0.6) is 0 Å². The van der Waals surface area contributed by atoms with Crippen LogP contribution in [0.4, 0.5) is 17.1 Å². The van der Waals surface area contributed by atoms with Crippen LogP contribution in [-0.4, -0.2) is 54.6 Å². The van der Waals surface area contributed by atoms with Crippen molar-refractivity contribution in [2.24, 2.45) is 5.10 Å². The molecule has 2 aromatic carbocycles. The fourth-order valence-corrected chi connectivity index (χ4v) is 4.55. The van der Waals surface area contributed by atoms with Gasteiger partial charge in [-0.05, 0) is 25.1 Å². The highest BCUT2D eigenvalue weighted by molar-refractivity contribution is 7.89. The SMILES string of the molecule is C/C(=N\Nc1ccc(S(=O)(=O)N2CCOCC2)cc1[N+](=O)[O-])c1ccc(Cl)c([N+](=O)[O-])c1. The van der Waals surface area contributed by atoms with E-state index in [0.717, 1.165) is 6.07 Å². The molecule has 1 aliphatic heterocycles. The first-order valence-corrected chi connectivity index (χ1v) is 11.0. The molecule has 1 fully saturated rings. The minimum Gasteiger partial charge on any atom is -0.379 e. The molecule has 12 nitrogen and oxygen atoms in total. The van der Waals surface area contributed by atoms with E-state index in [2.05, 4.69) is 10.5 Å². The van der Waals surface area contributed by atoms with E-state index in [0.29, 0.717) is 11.3 Å². The lowest BCUT2D eigenvalue weighted by Crippen LogP contribution is -2.40. The summed E-state index contributed by atoms with van der Waals surface area (Å²) in [4.78, 5) is 21.0. The van der Waals surface area contributed by atoms with Gasteiger partial charge >= 0.3 is 0 Å². The third-order valence-electron chi connectivity index (χ3n) is 4.68. The van der Waals surface area contributed by atoms with Crippen LogP contribution in [-0.2, 0) is 14.8 Å². The molecule has 0 aromatic heterocycles. The molecule has 1 saturated heterocycles. The molecule has 0 unspecified atom stereocenters. The lowest BCUT2D eigenvalue weighted by atomic mass is 10.1. The van der Waals surface area contributed by atoms with Crippen LogP contribution in [0, 0.1) is 20.2 Å². The molecule has 1 N–H and O–H groups in total. The summed E-state index contributed by atoms with van der Waals surface area (Å²) in [6.07, 6.45) is 0. The van der Waals surface area contributed by atoms with E-state index < -0.39 is 25.6 Å². The van der Waals surface area contributed by atoms with Gasteiger partial charge in [-0.15, -0.1) is 0 Å². The second-order valence-electron chi connectivity index (χ2n) is 6.68. The van der Waals surface area contributed by atoms with Gasteiger partial charge in [0, 0.05) is 30.8 Å². The van der Waals surface area contributed by atoms with Crippen LogP contribution in [0.1, 0.15) is 12.5 Å². The topological polar surface area (TPSA) is 157 Å². The molecule has 0 spiro atoms. The summed E-state index contributed by atoms with van der Waals surface area (Å²) in [6.45, 7) is 2.36. The molecule has 0 bridgehead atoms. The first kappa shape index (κ1) is 23.5. The van der Waals surface area contributed by atoms with Gasteiger partial charge in [0.15, 0.2) is 0 Å². The highest BCUT2D eigenvalue weighted by Gasteiger charge is 2.29. The van der Waals surface area contributed by atoms with Crippen LogP contribution < -0.4 is 5.43 Å². The van der Waals surface area contributed by atoms with E-state index in [4.69, 9.17) is 16.3 Å². The Balaban J connectivity index is 1.89. The lowest BCUT2D eigenvalue weighted by Gasteiger charge is -2.26. The fraction of sp³-hybridized carbons (Fsp3) is 0.278. The van der Waals surface area contributed by atoms with Crippen molar-refractivity contribution in [3.05, 3.63) is 67.2 Å². The highest BCUT2D eigenvalue weighted by Crippen LogP contribution is 2.30. The number of halogens is 1. The summed E-state index contributed by atoms with van der Waals surface area (Å²) < 4.78 is 31.9. The molecular weight excluding hydrogens is 466 g/mol. The van der Waals surface area contributed by atoms with Gasteiger partial charge in [0.2, 0.25) is 10.0 Å². The van der Waals surface area contributed by atoms with Crippen LogP contribution in [0.25, 0.3) is 0 Å². The second kappa shape index (κ2) is 9.56. The largest absolute Gasteiger partial charge is 0.379 e. The molecule has 0 aliphatic carbocycles. The molecule has 1 heterocycles. The Morgan fingerprint density at radius 2 is 1.75 bits per heavy atom. The molecular formula is C18H18ClN5O7S. The number of sulfonamides is 1. The predicted molar refractivity (Wildman–Crippen MR) is 117 cm³/mol. The molecule has 170 valence electrons. The van der Waals surface area contributed by atoms with Crippen LogP contribution >= 0.6 is 11.6 Å². The average Bonchev–Trinajstić information content (AvgIpc) is 2.77. The molecule has 32 heavy (non-hydrogen) atoms. The Morgan fingerprint density at radius 3 is 2.38 bits per heavy atom. The van der Waals surface area contributed by atoms with E-state index in [9.17, 15) is 28.6 Å². The van der Waals surface area contributed by atoms with Crippen molar-refractivity contribution in [2.45, 2.75) is 11.8 Å². The van der Waals surface area contributed by atoms with Gasteiger partial charge in [-0.25, -0.2) is 8.42 Å². The van der Waals surface area contributed by atoms with E-state index in [1.54, 1.807) is 6.92 Å². The summed E-state index contributed by atoms with van der Waals surface area (Å²) >= 11 is 5.80. The Hall–Kier alpha value is -3.13. The van der Waals surface area contributed by atoms with Crippen molar-refractivity contribution in [3.8, 4) is 0 Å². The van der Waals surface area contributed by atoms with Crippen molar-refractivity contribution >= 4 is 44.4 Å². The summed E-state index contributed by atoms with van der Waals surface area (Å²) in [6, 6.07) is 7.55. The van der Waals surface area contributed by atoms with E-state index in [1.165, 1.54) is 34.6 Å². The average molecular weight is 484 g/mol. The number of hydrogen-bond donors (Lipinski definition) is 1. The fourth-order valence-electron chi connectivity index (χ4n) is 2.94. The Labute approximate surface area is 187 Å². The van der Waals surface area contributed by atoms with Crippen LogP contribution in [0.15, 0.2) is 46.4 Å². The maximum absolute atomic E-state index is 12.8. The lowest BCUT2D eigenvalue weighted by molar-refractivity contribution is -0.384. The number of anilines is 1. The molecule has 0 amide bonds. The maximum atomic E-state index is 12.8. The zero-order valence-corrected chi connectivity index (χ0v) is 18.3. The normalized spacial score (nSPS) is 15.4. The molecule has 0 saturated carbocycles. The van der Waals surface area contributed by atoms with Crippen molar-refractivity contribution in [1.82, 2.24) is 4.31 Å². The number of hydrogen-bond acceptors (Lipinski definition) is 9. The molecule has 2 aromatic rings. The monoisotopic (exact) mass is 483 g/mol. The van der Waals surface area contributed by atoms with Gasteiger partial charge in [0.1, 0.15) is 10.7 Å². The predicted octanol–water partition coefficient (Wildman–Crippen LogP) is 3.01. The molecule has 0 atom stereocenters. The molecule has 3 rings (SSSR count). The number of rotatable bonds is 7. The van der Waals surface area contributed by atoms with Gasteiger partial charge in [0.25, 0.3) is 11.4 Å². The minimum atomic E-state index is -3.92. The van der Waals surface area contributed by atoms with Gasteiger partial charge in [-0.3, -0.25) is 25.7 Å². The van der Waals surface area contributed by atoms with Crippen molar-refractivity contribution in [2.75, 3.05) is 31.7 Å². The van der Waals surface area contributed by atoms with Gasteiger partial charge in [-0.1, -0.05) is 17.7 Å². The van der Waals surface area contributed by atoms with E-state index in [-0.39, 0.29) is 47.6 Å². The van der Waals surface area contributed by atoms with Crippen molar-refractivity contribution in [1.29, 1.82) is 0 Å². The zero-order chi connectivity index (χ0) is 23.5. The summed E-state index contributed by atoms with van der Waals surface area (Å²) in [5.74, 6) is 0. The summed E-state index contributed by atoms with van der Waals surface area (Å²) in [5.41, 5.74) is 2.37. The van der Waals surface area contributed by atoms with Gasteiger partial charge < -0.3 is 4.74 Å². The Morgan fingerprint density at radius 1 is 1.09 bits per heavy atom. The summed E-state index contributed by atoms with van der Waals surface area (Å²) in [7, 11) is -3.92. The highest BCUT2D eigenvalue weighted by atomic mass is 35.5. The Kier molecular flexibility index (Phi) is 7.03. The number of hydrazone groups is 1. The van der Waals surface area contributed by atoms with Crippen molar-refractivity contribution < 1.29 is 23.0 Å². The number of benzene rings is 2. The first-order valence-electron chi connectivity index (χ1n) is 9.22. The van der Waals surface area contributed by atoms with E-state index >= 15 is 0 Å². The maximum Gasteiger partial charge on any atom is 0.295 e. The van der Waals surface area contributed by atoms with E-state index in [1.807, 2.05) is 0 Å². The smallest absolute Gasteiger partial charge is 0.295 e. The zero-order valence-electron chi connectivity index (χ0n) is 16.7. The number of nitrogens with one attached hydrogen (secondary N) is 1. The number of nitrogens with zero attached hydrogens (tertiary/aromatic N) is 4. The number of ether oxygens (including phenoxy) is 1. The number of nitro benzene ring substituents is 2. The standard InChI is InChI=1S/C18H18ClN5O7S/c1-12(13-2-4-15(19)17(10-13)23(25)26)20-21-16-5-3-14(11-18(16)24(27)28)32(29,30)22-6-8-31-9-7-22/h2-5,10-11,21H,6-9H2,1H3/b20-12+. The Bertz CT molecular complexity index is 1200. The van der Waals surface area contributed by atoms with Crippen LogP contribution in [0.3, 0.4) is 0 Å².